The summed E-state index contributed by atoms with van der Waals surface area (Å²) >= 11 is 18.0. The molecule has 0 bridgehead atoms. The van der Waals surface area contributed by atoms with Crippen LogP contribution in [-0.4, -0.2) is 69.9 Å². The lowest BCUT2D eigenvalue weighted by Crippen LogP contribution is -2.44. The van der Waals surface area contributed by atoms with Crippen molar-refractivity contribution in [1.82, 2.24) is 19.4 Å². The zero-order chi connectivity index (χ0) is 34.8. The Balaban J connectivity index is 0.000000193. The Morgan fingerprint density at radius 1 is 1.02 bits per heavy atom. The number of nitrogens with zero attached hydrogens (tertiary/aromatic N) is 4. The van der Waals surface area contributed by atoms with E-state index >= 15 is 0 Å². The smallest absolute Gasteiger partial charge is 0.329 e. The van der Waals surface area contributed by atoms with E-state index in [0.717, 1.165) is 50.3 Å². The Kier molecular flexibility index (Phi) is 13.5. The second-order valence-electron chi connectivity index (χ2n) is 13.5. The van der Waals surface area contributed by atoms with Gasteiger partial charge in [-0.25, -0.2) is 9.78 Å². The number of ether oxygens (including phenoxy) is 1. The number of carbonyl (C=O) groups is 3. The number of amides is 2. The SMILES string of the molecule is CCCN(CCOc1c(Cl)cc(Cl)cc1Cl)C(=O)n1ccnc1.O=C1CC2(CCN(C(=O)CCCC3CCCCC3)CC2)c2ccccc21. The topological polar surface area (TPSA) is 84.7 Å². The molecule has 0 radical (unpaired) electrons. The first-order chi connectivity index (χ1) is 23.7. The minimum Gasteiger partial charge on any atom is -0.489 e. The van der Waals surface area contributed by atoms with Gasteiger partial charge >= 0.3 is 6.03 Å². The molecule has 3 aliphatic rings. The van der Waals surface area contributed by atoms with Crippen molar-refractivity contribution in [3.63, 3.8) is 0 Å². The number of likely N-dealkylation sites (tertiary alicyclic amines) is 1. The van der Waals surface area contributed by atoms with Crippen LogP contribution in [0.4, 0.5) is 4.79 Å². The lowest BCUT2D eigenvalue weighted by Gasteiger charge is -2.39. The van der Waals surface area contributed by atoms with Crippen molar-refractivity contribution in [2.24, 2.45) is 5.92 Å². The van der Waals surface area contributed by atoms with Gasteiger partial charge in [0, 0.05) is 60.9 Å². The standard InChI is InChI=1S/C23H31NO2.C15H16Cl3N3O2/c25-21-17-23(20-11-5-4-10-19(20)21)13-15-24(16-14-23)22(26)12-6-9-18-7-2-1-3-8-18;1-2-4-20(15(22)21-5-3-19-10-21)6-7-23-14-12(17)8-11(16)9-13(14)18/h4-5,10-11,18H,1-3,6-9,12-17H2;3,5,8-10H,2,4,6-7H2,1H3. The maximum absolute atomic E-state index is 12.6. The van der Waals surface area contributed by atoms with E-state index in [1.54, 1.807) is 29.4 Å². The van der Waals surface area contributed by atoms with Gasteiger partial charge in [-0.05, 0) is 55.7 Å². The highest BCUT2D eigenvalue weighted by molar-refractivity contribution is 6.40. The molecule has 49 heavy (non-hydrogen) atoms. The van der Waals surface area contributed by atoms with Gasteiger partial charge in [0.15, 0.2) is 11.5 Å². The van der Waals surface area contributed by atoms with Crippen molar-refractivity contribution in [1.29, 1.82) is 0 Å². The molecule has 1 saturated carbocycles. The fourth-order valence-corrected chi connectivity index (χ4v) is 8.45. The molecule has 0 atom stereocenters. The van der Waals surface area contributed by atoms with Crippen LogP contribution in [0.3, 0.4) is 0 Å². The summed E-state index contributed by atoms with van der Waals surface area (Å²) < 4.78 is 7.05. The molecule has 1 aliphatic heterocycles. The number of Topliss-reactive ketones (excluding diaryl/α,β-unsaturated/α-hetero) is 1. The first-order valence-corrected chi connectivity index (χ1v) is 18.8. The molecule has 2 heterocycles. The van der Waals surface area contributed by atoms with Crippen LogP contribution in [0.2, 0.25) is 15.1 Å². The fourth-order valence-electron chi connectivity index (χ4n) is 7.53. The summed E-state index contributed by atoms with van der Waals surface area (Å²) in [5.74, 6) is 1.84. The lowest BCUT2D eigenvalue weighted by atomic mass is 9.73. The maximum Gasteiger partial charge on any atom is 0.329 e. The minimum atomic E-state index is -0.152. The molecule has 1 aromatic heterocycles. The Bertz CT molecular complexity index is 1540. The van der Waals surface area contributed by atoms with E-state index in [1.165, 1.54) is 55.0 Å². The summed E-state index contributed by atoms with van der Waals surface area (Å²) in [6, 6.07) is 11.1. The van der Waals surface area contributed by atoms with E-state index in [9.17, 15) is 14.4 Å². The van der Waals surface area contributed by atoms with Gasteiger partial charge in [0.05, 0.1) is 16.6 Å². The van der Waals surface area contributed by atoms with Crippen LogP contribution in [0.15, 0.2) is 55.1 Å². The Labute approximate surface area is 305 Å². The summed E-state index contributed by atoms with van der Waals surface area (Å²) in [5.41, 5.74) is 2.14. The number of imidazole rings is 1. The normalized spacial score (nSPS) is 17.0. The third kappa shape index (κ3) is 9.59. The zero-order valence-electron chi connectivity index (χ0n) is 28.4. The van der Waals surface area contributed by atoms with Crippen LogP contribution in [0.1, 0.15) is 99.9 Å². The average molecular weight is 730 g/mol. The molecular weight excluding hydrogens is 683 g/mol. The maximum atomic E-state index is 12.6. The summed E-state index contributed by atoms with van der Waals surface area (Å²) in [5, 5.41) is 1.12. The molecule has 2 fully saturated rings. The number of fused-ring (bicyclic) bond motifs is 2. The van der Waals surface area contributed by atoms with Crippen molar-refractivity contribution in [3.05, 3.63) is 81.3 Å². The van der Waals surface area contributed by atoms with Gasteiger partial charge in [0.1, 0.15) is 12.9 Å². The van der Waals surface area contributed by atoms with Crippen molar-refractivity contribution in [2.45, 2.75) is 89.4 Å². The van der Waals surface area contributed by atoms with Gasteiger partial charge < -0.3 is 14.5 Å². The van der Waals surface area contributed by atoms with E-state index in [-0.39, 0.29) is 23.8 Å². The van der Waals surface area contributed by atoms with Gasteiger partial charge in [-0.2, -0.15) is 0 Å². The molecular formula is C38H47Cl3N4O4. The van der Waals surface area contributed by atoms with E-state index in [4.69, 9.17) is 39.5 Å². The molecule has 1 spiro atoms. The second-order valence-corrected chi connectivity index (χ2v) is 14.7. The van der Waals surface area contributed by atoms with Crippen molar-refractivity contribution in [2.75, 3.05) is 32.8 Å². The van der Waals surface area contributed by atoms with Crippen LogP contribution >= 0.6 is 34.8 Å². The van der Waals surface area contributed by atoms with Crippen LogP contribution in [0, 0.1) is 5.92 Å². The molecule has 2 aliphatic carbocycles. The summed E-state index contributed by atoms with van der Waals surface area (Å²) in [7, 11) is 0. The molecule has 8 nitrogen and oxygen atoms in total. The van der Waals surface area contributed by atoms with E-state index in [0.29, 0.717) is 52.7 Å². The lowest BCUT2D eigenvalue weighted by molar-refractivity contribution is -0.133. The number of aromatic nitrogens is 2. The number of hydrogen-bond acceptors (Lipinski definition) is 5. The molecule has 264 valence electrons. The first-order valence-electron chi connectivity index (χ1n) is 17.7. The number of halogens is 3. The quantitative estimate of drug-likeness (QED) is 0.208. The van der Waals surface area contributed by atoms with Crippen LogP contribution < -0.4 is 4.74 Å². The van der Waals surface area contributed by atoms with Crippen LogP contribution in [0.25, 0.3) is 0 Å². The van der Waals surface area contributed by atoms with Gasteiger partial charge in [0.2, 0.25) is 5.91 Å². The zero-order valence-corrected chi connectivity index (χ0v) is 30.6. The number of rotatable bonds is 10. The molecule has 6 rings (SSSR count). The second kappa shape index (κ2) is 17.7. The molecule has 2 aromatic carbocycles. The van der Waals surface area contributed by atoms with Gasteiger partial charge in [-0.1, -0.05) is 98.1 Å². The Morgan fingerprint density at radius 2 is 1.73 bits per heavy atom. The van der Waals surface area contributed by atoms with Crippen LogP contribution in [-0.2, 0) is 10.2 Å². The highest BCUT2D eigenvalue weighted by atomic mass is 35.5. The number of piperidine rings is 1. The van der Waals surface area contributed by atoms with Crippen molar-refractivity contribution < 1.29 is 19.1 Å². The molecule has 0 N–H and O–H groups in total. The van der Waals surface area contributed by atoms with E-state index in [1.807, 2.05) is 25.1 Å². The summed E-state index contributed by atoms with van der Waals surface area (Å²) in [4.78, 5) is 44.9. The van der Waals surface area contributed by atoms with E-state index < -0.39 is 0 Å². The first kappa shape index (κ1) is 37.2. The van der Waals surface area contributed by atoms with Gasteiger partial charge in [0.25, 0.3) is 0 Å². The molecule has 3 aromatic rings. The highest BCUT2D eigenvalue weighted by Gasteiger charge is 2.45. The third-order valence-electron chi connectivity index (χ3n) is 10.2. The Hall–Kier alpha value is -3.07. The predicted molar refractivity (Wildman–Crippen MR) is 195 cm³/mol. The number of hydrogen-bond donors (Lipinski definition) is 0. The van der Waals surface area contributed by atoms with Gasteiger partial charge in [-0.15, -0.1) is 0 Å². The molecule has 2 amide bonds. The molecule has 1 saturated heterocycles. The highest BCUT2D eigenvalue weighted by Crippen LogP contribution is 2.46. The van der Waals surface area contributed by atoms with Crippen LogP contribution in [0.5, 0.6) is 5.75 Å². The number of benzene rings is 2. The van der Waals surface area contributed by atoms with Gasteiger partial charge in [-0.3, -0.25) is 14.2 Å². The fraction of sp³-hybridized carbons (Fsp3) is 0.526. The largest absolute Gasteiger partial charge is 0.489 e. The molecule has 0 unspecified atom stereocenters. The average Bonchev–Trinajstić information content (AvgIpc) is 3.73. The predicted octanol–water partition coefficient (Wildman–Crippen LogP) is 9.49. The minimum absolute atomic E-state index is 0.00739. The van der Waals surface area contributed by atoms with Crippen molar-refractivity contribution in [3.8, 4) is 5.75 Å². The Morgan fingerprint density at radius 3 is 2.41 bits per heavy atom. The summed E-state index contributed by atoms with van der Waals surface area (Å²) in [6.45, 7) is 4.90. The molecule has 11 heteroatoms. The third-order valence-corrected chi connectivity index (χ3v) is 10.9. The summed E-state index contributed by atoms with van der Waals surface area (Å²) in [6.07, 6.45) is 17.9. The monoisotopic (exact) mass is 728 g/mol. The number of carbonyl (C=O) groups excluding carboxylic acids is 3. The van der Waals surface area contributed by atoms with Crippen molar-refractivity contribution >= 4 is 52.5 Å². The number of ketones is 1. The van der Waals surface area contributed by atoms with E-state index in [2.05, 4.69) is 16.0 Å².